The van der Waals surface area contributed by atoms with Crippen molar-refractivity contribution in [2.75, 3.05) is 25.5 Å². The van der Waals surface area contributed by atoms with Crippen LogP contribution in [0.5, 0.6) is 0 Å². The number of aromatic nitrogens is 2. The minimum absolute atomic E-state index is 0.00873. The summed E-state index contributed by atoms with van der Waals surface area (Å²) in [5.74, 6) is 0.786. The van der Waals surface area contributed by atoms with E-state index < -0.39 is 0 Å². The molecule has 1 saturated heterocycles. The summed E-state index contributed by atoms with van der Waals surface area (Å²) in [6, 6.07) is 10.0. The maximum Gasteiger partial charge on any atom is 0.264 e. The van der Waals surface area contributed by atoms with Gasteiger partial charge < -0.3 is 15.0 Å². The second kappa shape index (κ2) is 8.24. The average Bonchev–Trinajstić information content (AvgIpc) is 3.35. The minimum atomic E-state index is 0.00873. The summed E-state index contributed by atoms with van der Waals surface area (Å²) in [7, 11) is 1.83. The smallest absolute Gasteiger partial charge is 0.264 e. The van der Waals surface area contributed by atoms with E-state index in [0.717, 1.165) is 53.2 Å². The van der Waals surface area contributed by atoms with Crippen LogP contribution in [0.1, 0.15) is 33.6 Å². The Morgan fingerprint density at radius 2 is 2.14 bits per heavy atom. The van der Waals surface area contributed by atoms with E-state index in [-0.39, 0.29) is 12.0 Å². The molecule has 1 atom stereocenters. The van der Waals surface area contributed by atoms with E-state index in [9.17, 15) is 4.79 Å². The summed E-state index contributed by atoms with van der Waals surface area (Å²) in [6.07, 6.45) is 3.95. The van der Waals surface area contributed by atoms with Gasteiger partial charge in [0.1, 0.15) is 17.0 Å². The first kappa shape index (κ1) is 18.8. The molecule has 0 aliphatic carbocycles. The Kier molecular flexibility index (Phi) is 5.54. The van der Waals surface area contributed by atoms with Crippen LogP contribution in [0.3, 0.4) is 0 Å². The number of hydrogen-bond acceptors (Lipinski definition) is 6. The lowest BCUT2D eigenvalue weighted by molar-refractivity contribution is 0.0789. The number of hydrogen-bond donors (Lipinski definition) is 1. The number of nitrogens with one attached hydrogen (secondary N) is 1. The van der Waals surface area contributed by atoms with E-state index in [1.807, 2.05) is 44.3 Å². The molecule has 3 aromatic rings. The van der Waals surface area contributed by atoms with Crippen LogP contribution in [0.15, 0.2) is 36.7 Å². The first-order valence-corrected chi connectivity index (χ1v) is 10.3. The third kappa shape index (κ3) is 3.86. The number of anilines is 1. The molecule has 0 bridgehead atoms. The summed E-state index contributed by atoms with van der Waals surface area (Å²) in [6.45, 7) is 4.10. The molecule has 28 heavy (non-hydrogen) atoms. The van der Waals surface area contributed by atoms with Gasteiger partial charge in [-0.05, 0) is 30.9 Å². The van der Waals surface area contributed by atoms with Crippen LogP contribution in [0.2, 0.25) is 0 Å². The Labute approximate surface area is 168 Å². The zero-order chi connectivity index (χ0) is 19.5. The molecule has 3 heterocycles. The van der Waals surface area contributed by atoms with Gasteiger partial charge in [-0.25, -0.2) is 9.97 Å². The van der Waals surface area contributed by atoms with Crippen molar-refractivity contribution in [3.8, 4) is 0 Å². The van der Waals surface area contributed by atoms with Gasteiger partial charge in [-0.15, -0.1) is 11.3 Å². The highest BCUT2D eigenvalue weighted by Crippen LogP contribution is 2.34. The molecule has 1 aliphatic rings. The van der Waals surface area contributed by atoms with Gasteiger partial charge >= 0.3 is 0 Å². The van der Waals surface area contributed by atoms with Gasteiger partial charge in [0, 0.05) is 26.7 Å². The monoisotopic (exact) mass is 396 g/mol. The van der Waals surface area contributed by atoms with Crippen molar-refractivity contribution in [1.29, 1.82) is 0 Å². The Morgan fingerprint density at radius 1 is 1.32 bits per heavy atom. The molecule has 7 heteroatoms. The molecule has 6 nitrogen and oxygen atoms in total. The molecule has 1 aliphatic heterocycles. The van der Waals surface area contributed by atoms with Crippen molar-refractivity contribution in [2.45, 2.75) is 32.4 Å². The molecule has 0 saturated carbocycles. The van der Waals surface area contributed by atoms with Crippen molar-refractivity contribution in [2.24, 2.45) is 0 Å². The number of carbonyl (C=O) groups excluding carboxylic acids is 1. The second-order valence-electron chi connectivity index (χ2n) is 7.12. The number of carbonyl (C=O) groups is 1. The second-order valence-corrected chi connectivity index (χ2v) is 8.12. The average molecular weight is 397 g/mol. The molecule has 1 aromatic carbocycles. The molecule has 0 spiro atoms. The number of rotatable bonds is 6. The van der Waals surface area contributed by atoms with Crippen LogP contribution < -0.4 is 5.32 Å². The molecule has 0 radical (unpaired) electrons. The number of fused-ring (bicyclic) bond motifs is 1. The molecule has 1 N–H and O–H groups in total. The Hall–Kier alpha value is -2.51. The van der Waals surface area contributed by atoms with Crippen molar-refractivity contribution in [3.63, 3.8) is 0 Å². The van der Waals surface area contributed by atoms with Crippen molar-refractivity contribution in [1.82, 2.24) is 14.9 Å². The molecule has 0 unspecified atom stereocenters. The zero-order valence-electron chi connectivity index (χ0n) is 16.1. The SMILES string of the molecule is Cc1c(C(=O)N(C)Cc2ccccc2)sc2ncnc(NC[C@H]3CCCO3)c12. The zero-order valence-corrected chi connectivity index (χ0v) is 17.0. The number of amides is 1. The molecule has 2 aromatic heterocycles. The topological polar surface area (TPSA) is 67.4 Å². The highest BCUT2D eigenvalue weighted by Gasteiger charge is 2.23. The summed E-state index contributed by atoms with van der Waals surface area (Å²) in [4.78, 5) is 25.2. The highest BCUT2D eigenvalue weighted by molar-refractivity contribution is 7.20. The number of nitrogens with zero attached hydrogens (tertiary/aromatic N) is 3. The molecule has 4 rings (SSSR count). The fraction of sp³-hybridized carbons (Fsp3) is 0.381. The van der Waals surface area contributed by atoms with E-state index >= 15 is 0 Å². The molecule has 146 valence electrons. The fourth-order valence-corrected chi connectivity index (χ4v) is 4.67. The van der Waals surface area contributed by atoms with Gasteiger partial charge in [-0.2, -0.15) is 0 Å². The first-order valence-electron chi connectivity index (χ1n) is 9.52. The number of benzene rings is 1. The molecule has 1 amide bonds. The van der Waals surface area contributed by atoms with Gasteiger partial charge in [-0.3, -0.25) is 4.79 Å². The van der Waals surface area contributed by atoms with Crippen molar-refractivity contribution < 1.29 is 9.53 Å². The minimum Gasteiger partial charge on any atom is -0.376 e. The quantitative estimate of drug-likeness (QED) is 0.685. The van der Waals surface area contributed by atoms with Gasteiger partial charge in [0.25, 0.3) is 5.91 Å². The van der Waals surface area contributed by atoms with Crippen LogP contribution in [-0.2, 0) is 11.3 Å². The molecular formula is C21H24N4O2S. The van der Waals surface area contributed by atoms with Crippen LogP contribution in [-0.4, -0.2) is 47.1 Å². The van der Waals surface area contributed by atoms with E-state index in [4.69, 9.17) is 4.74 Å². The third-order valence-electron chi connectivity index (χ3n) is 5.05. The summed E-state index contributed by atoms with van der Waals surface area (Å²) >= 11 is 1.43. The number of aryl methyl sites for hydroxylation is 1. The van der Waals surface area contributed by atoms with Crippen LogP contribution in [0, 0.1) is 6.92 Å². The van der Waals surface area contributed by atoms with E-state index in [2.05, 4.69) is 15.3 Å². The molecule has 1 fully saturated rings. The normalized spacial score (nSPS) is 16.4. The lowest BCUT2D eigenvalue weighted by Crippen LogP contribution is -2.25. The Balaban J connectivity index is 1.56. The lowest BCUT2D eigenvalue weighted by Gasteiger charge is -2.17. The Morgan fingerprint density at radius 3 is 2.89 bits per heavy atom. The molecular weight excluding hydrogens is 372 g/mol. The summed E-state index contributed by atoms with van der Waals surface area (Å²) in [5.41, 5.74) is 2.04. The van der Waals surface area contributed by atoms with Crippen LogP contribution in [0.25, 0.3) is 10.2 Å². The highest BCUT2D eigenvalue weighted by atomic mass is 32.1. The lowest BCUT2D eigenvalue weighted by atomic mass is 10.1. The van der Waals surface area contributed by atoms with Crippen molar-refractivity contribution >= 4 is 33.3 Å². The summed E-state index contributed by atoms with van der Waals surface area (Å²) in [5, 5.41) is 4.33. The number of ether oxygens (including phenoxy) is 1. The van der Waals surface area contributed by atoms with Crippen LogP contribution >= 0.6 is 11.3 Å². The van der Waals surface area contributed by atoms with Gasteiger partial charge in [0.2, 0.25) is 0 Å². The van der Waals surface area contributed by atoms with Crippen LogP contribution in [0.4, 0.5) is 5.82 Å². The van der Waals surface area contributed by atoms with Gasteiger partial charge in [0.15, 0.2) is 0 Å². The maximum atomic E-state index is 13.1. The predicted octanol–water partition coefficient (Wildman–Crippen LogP) is 3.86. The van der Waals surface area contributed by atoms with Gasteiger partial charge in [-0.1, -0.05) is 30.3 Å². The first-order chi connectivity index (χ1) is 13.6. The predicted molar refractivity (Wildman–Crippen MR) is 112 cm³/mol. The van der Waals surface area contributed by atoms with E-state index in [0.29, 0.717) is 11.4 Å². The largest absolute Gasteiger partial charge is 0.376 e. The standard InChI is InChI=1S/C21H24N4O2S/c1-14-17-19(22-11-16-9-6-10-27-16)23-13-24-20(17)28-18(14)21(26)25(2)12-15-7-4-3-5-8-15/h3-5,7-8,13,16H,6,9-12H2,1-2H3,(H,22,23,24)/t16-/m1/s1. The van der Waals surface area contributed by atoms with Crippen molar-refractivity contribution in [3.05, 3.63) is 52.7 Å². The fourth-order valence-electron chi connectivity index (χ4n) is 3.53. The summed E-state index contributed by atoms with van der Waals surface area (Å²) < 4.78 is 5.68. The van der Waals surface area contributed by atoms with E-state index in [1.165, 1.54) is 11.3 Å². The third-order valence-corrected chi connectivity index (χ3v) is 6.24. The number of thiophene rings is 1. The van der Waals surface area contributed by atoms with Gasteiger partial charge in [0.05, 0.1) is 16.4 Å². The maximum absolute atomic E-state index is 13.1. The Bertz CT molecular complexity index is 967. The van der Waals surface area contributed by atoms with E-state index in [1.54, 1.807) is 11.2 Å².